The highest BCUT2D eigenvalue weighted by Gasteiger charge is 2.18. The number of carbonyl (C=O) groups excluding carboxylic acids is 1. The quantitative estimate of drug-likeness (QED) is 0.687. The van der Waals surface area contributed by atoms with Gasteiger partial charge in [0.05, 0.1) is 17.2 Å². The summed E-state index contributed by atoms with van der Waals surface area (Å²) in [6.07, 6.45) is 3.87. The second kappa shape index (κ2) is 7.84. The summed E-state index contributed by atoms with van der Waals surface area (Å²) in [5.74, 6) is -0.115. The Morgan fingerprint density at radius 2 is 1.79 bits per heavy atom. The van der Waals surface area contributed by atoms with Gasteiger partial charge in [-0.05, 0) is 36.6 Å². The van der Waals surface area contributed by atoms with E-state index in [-0.39, 0.29) is 18.0 Å². The molecule has 1 aromatic heterocycles. The lowest BCUT2D eigenvalue weighted by Crippen LogP contribution is -2.34. The van der Waals surface area contributed by atoms with Crippen LogP contribution in [0.5, 0.6) is 0 Å². The Hall–Kier alpha value is -3.15. The van der Waals surface area contributed by atoms with Crippen molar-refractivity contribution < 1.29 is 4.79 Å². The fourth-order valence-corrected chi connectivity index (χ4v) is 3.74. The molecule has 0 spiro atoms. The van der Waals surface area contributed by atoms with Crippen LogP contribution in [0.15, 0.2) is 59.7 Å². The summed E-state index contributed by atoms with van der Waals surface area (Å²) < 4.78 is 1.38. The van der Waals surface area contributed by atoms with Crippen LogP contribution in [0, 0.1) is 0 Å². The molecule has 1 fully saturated rings. The fraction of sp³-hybridized carbons (Fsp3) is 0.318. The van der Waals surface area contributed by atoms with Crippen molar-refractivity contribution in [1.82, 2.24) is 14.5 Å². The van der Waals surface area contributed by atoms with Gasteiger partial charge in [0.15, 0.2) is 0 Å². The van der Waals surface area contributed by atoms with E-state index < -0.39 is 0 Å². The summed E-state index contributed by atoms with van der Waals surface area (Å²) in [6, 6.07) is 15.4. The van der Waals surface area contributed by atoms with Crippen molar-refractivity contribution in [2.75, 3.05) is 25.0 Å². The Bertz CT molecular complexity index is 1050. The number of hydrogen-bond donors (Lipinski definition) is 0. The van der Waals surface area contributed by atoms with Crippen molar-refractivity contribution in [3.05, 3.63) is 70.8 Å². The maximum Gasteiger partial charge on any atom is 0.261 e. The minimum atomic E-state index is -0.190. The Balaban J connectivity index is 1.51. The second-order valence-electron chi connectivity index (χ2n) is 7.27. The van der Waals surface area contributed by atoms with Crippen LogP contribution in [0.4, 0.5) is 5.69 Å². The number of anilines is 1. The summed E-state index contributed by atoms with van der Waals surface area (Å²) in [6.45, 7) is 2.62. The first kappa shape index (κ1) is 18.2. The highest BCUT2D eigenvalue weighted by Crippen LogP contribution is 2.25. The van der Waals surface area contributed by atoms with Gasteiger partial charge in [-0.15, -0.1) is 0 Å². The Kier molecular flexibility index (Phi) is 5.10. The van der Waals surface area contributed by atoms with Gasteiger partial charge >= 0.3 is 0 Å². The molecule has 1 aliphatic heterocycles. The monoisotopic (exact) mass is 376 g/mol. The lowest BCUT2D eigenvalue weighted by Gasteiger charge is -2.24. The molecule has 2 aromatic carbocycles. The molecule has 6 nitrogen and oxygen atoms in total. The van der Waals surface area contributed by atoms with E-state index in [0.29, 0.717) is 17.4 Å². The molecule has 4 rings (SSSR count). The molecular weight excluding hydrogens is 352 g/mol. The normalized spacial score (nSPS) is 13.8. The predicted molar refractivity (Wildman–Crippen MR) is 110 cm³/mol. The lowest BCUT2D eigenvalue weighted by molar-refractivity contribution is -0.131. The molecule has 0 saturated carbocycles. The van der Waals surface area contributed by atoms with Crippen LogP contribution in [0.1, 0.15) is 18.4 Å². The standard InChI is InChI=1S/C22H24N4O2/c1-24(14-17-8-2-5-11-20(17)25-12-6-7-13-25)21(27)15-26-16-23-19-10-4-3-9-18(19)22(26)28/h2-5,8-11,16H,6-7,12-15H2,1H3. The Morgan fingerprint density at radius 1 is 1.07 bits per heavy atom. The van der Waals surface area contributed by atoms with E-state index >= 15 is 0 Å². The molecular formula is C22H24N4O2. The van der Waals surface area contributed by atoms with Gasteiger partial charge in [0.25, 0.3) is 5.56 Å². The third-order valence-corrected chi connectivity index (χ3v) is 5.31. The highest BCUT2D eigenvalue weighted by molar-refractivity contribution is 5.79. The molecule has 28 heavy (non-hydrogen) atoms. The summed E-state index contributed by atoms with van der Waals surface area (Å²) in [4.78, 5) is 33.7. The highest BCUT2D eigenvalue weighted by atomic mass is 16.2. The smallest absolute Gasteiger partial charge is 0.261 e. The van der Waals surface area contributed by atoms with E-state index in [1.54, 1.807) is 30.1 Å². The molecule has 0 N–H and O–H groups in total. The molecule has 6 heteroatoms. The van der Waals surface area contributed by atoms with Crippen LogP contribution in [-0.4, -0.2) is 40.5 Å². The first-order valence-electron chi connectivity index (χ1n) is 9.64. The molecule has 3 aromatic rings. The molecule has 1 aliphatic rings. The molecule has 0 bridgehead atoms. The van der Waals surface area contributed by atoms with Gasteiger partial charge in [-0.25, -0.2) is 4.98 Å². The molecule has 0 unspecified atom stereocenters. The first-order chi connectivity index (χ1) is 13.6. The number of hydrogen-bond acceptors (Lipinski definition) is 4. The molecule has 1 saturated heterocycles. The number of rotatable bonds is 5. The number of para-hydroxylation sites is 2. The number of benzene rings is 2. The molecule has 2 heterocycles. The van der Waals surface area contributed by atoms with Gasteiger partial charge in [-0.1, -0.05) is 30.3 Å². The van der Waals surface area contributed by atoms with Gasteiger partial charge in [0.2, 0.25) is 5.91 Å². The summed E-state index contributed by atoms with van der Waals surface area (Å²) in [7, 11) is 1.78. The van der Waals surface area contributed by atoms with Crippen LogP contribution in [0.2, 0.25) is 0 Å². The molecule has 0 aliphatic carbocycles. The number of aromatic nitrogens is 2. The number of amides is 1. The second-order valence-corrected chi connectivity index (χ2v) is 7.27. The number of likely N-dealkylation sites (N-methyl/N-ethyl adjacent to an activating group) is 1. The van der Waals surface area contributed by atoms with Crippen molar-refractivity contribution in [1.29, 1.82) is 0 Å². The van der Waals surface area contributed by atoms with Crippen molar-refractivity contribution >= 4 is 22.5 Å². The average Bonchev–Trinajstić information content (AvgIpc) is 3.25. The van der Waals surface area contributed by atoms with Gasteiger partial charge in [-0.3, -0.25) is 14.2 Å². The largest absolute Gasteiger partial charge is 0.371 e. The maximum atomic E-state index is 12.8. The summed E-state index contributed by atoms with van der Waals surface area (Å²) in [5.41, 5.74) is 2.78. The minimum Gasteiger partial charge on any atom is -0.371 e. The summed E-state index contributed by atoms with van der Waals surface area (Å²) in [5, 5.41) is 0.528. The number of carbonyl (C=O) groups is 1. The first-order valence-corrected chi connectivity index (χ1v) is 9.64. The van der Waals surface area contributed by atoms with E-state index in [4.69, 9.17) is 0 Å². The molecule has 1 amide bonds. The zero-order valence-electron chi connectivity index (χ0n) is 16.0. The molecule has 0 radical (unpaired) electrons. The third-order valence-electron chi connectivity index (χ3n) is 5.31. The SMILES string of the molecule is CN(Cc1ccccc1N1CCCC1)C(=O)Cn1cnc2ccccc2c1=O. The Morgan fingerprint density at radius 3 is 2.61 bits per heavy atom. The van der Waals surface area contributed by atoms with Crippen LogP contribution in [-0.2, 0) is 17.9 Å². The average molecular weight is 376 g/mol. The van der Waals surface area contributed by atoms with Crippen molar-refractivity contribution in [2.24, 2.45) is 0 Å². The van der Waals surface area contributed by atoms with Crippen molar-refractivity contribution in [3.8, 4) is 0 Å². The third kappa shape index (κ3) is 3.63. The van der Waals surface area contributed by atoms with Crippen LogP contribution < -0.4 is 10.5 Å². The summed E-state index contributed by atoms with van der Waals surface area (Å²) >= 11 is 0. The Labute approximate surface area is 164 Å². The molecule has 0 atom stereocenters. The van der Waals surface area contributed by atoms with Crippen LogP contribution >= 0.6 is 0 Å². The zero-order chi connectivity index (χ0) is 19.5. The number of nitrogens with zero attached hydrogens (tertiary/aromatic N) is 4. The van der Waals surface area contributed by atoms with Crippen LogP contribution in [0.3, 0.4) is 0 Å². The topological polar surface area (TPSA) is 58.4 Å². The lowest BCUT2D eigenvalue weighted by atomic mass is 10.1. The number of fused-ring (bicyclic) bond motifs is 1. The van der Waals surface area contributed by atoms with E-state index in [2.05, 4.69) is 22.0 Å². The predicted octanol–water partition coefficient (Wildman–Crippen LogP) is 2.66. The fourth-order valence-electron chi connectivity index (χ4n) is 3.74. The van der Waals surface area contributed by atoms with Crippen molar-refractivity contribution in [2.45, 2.75) is 25.9 Å². The van der Waals surface area contributed by atoms with E-state index in [1.807, 2.05) is 18.2 Å². The zero-order valence-corrected chi connectivity index (χ0v) is 16.0. The van der Waals surface area contributed by atoms with Gasteiger partial charge in [0, 0.05) is 32.4 Å². The van der Waals surface area contributed by atoms with Crippen molar-refractivity contribution in [3.63, 3.8) is 0 Å². The maximum absolute atomic E-state index is 12.8. The van der Waals surface area contributed by atoms with Gasteiger partial charge < -0.3 is 9.80 Å². The minimum absolute atomic E-state index is 0.0148. The van der Waals surface area contributed by atoms with Gasteiger partial charge in [-0.2, -0.15) is 0 Å². The van der Waals surface area contributed by atoms with E-state index in [1.165, 1.54) is 29.4 Å². The van der Waals surface area contributed by atoms with Gasteiger partial charge in [0.1, 0.15) is 6.54 Å². The van der Waals surface area contributed by atoms with E-state index in [0.717, 1.165) is 18.7 Å². The van der Waals surface area contributed by atoms with Crippen LogP contribution in [0.25, 0.3) is 10.9 Å². The molecule has 144 valence electrons. The van der Waals surface area contributed by atoms with E-state index in [9.17, 15) is 9.59 Å².